The van der Waals surface area contributed by atoms with E-state index < -0.39 is 0 Å². The second-order valence-corrected chi connectivity index (χ2v) is 6.00. The molecule has 0 unspecified atom stereocenters. The first-order valence-electron chi connectivity index (χ1n) is 6.74. The van der Waals surface area contributed by atoms with Crippen molar-refractivity contribution < 1.29 is 14.3 Å². The molecule has 0 aliphatic rings. The van der Waals surface area contributed by atoms with E-state index in [9.17, 15) is 9.59 Å². The van der Waals surface area contributed by atoms with Crippen molar-refractivity contribution in [3.05, 3.63) is 56.8 Å². The summed E-state index contributed by atoms with van der Waals surface area (Å²) in [6.45, 7) is 2.09. The van der Waals surface area contributed by atoms with Crippen LogP contribution in [0.3, 0.4) is 0 Å². The topological polar surface area (TPSA) is 48.3 Å². The molecule has 22 heavy (non-hydrogen) atoms. The summed E-state index contributed by atoms with van der Waals surface area (Å²) in [5, 5.41) is 0.575. The molecule has 1 aromatic carbocycles. The Morgan fingerprint density at radius 1 is 1.27 bits per heavy atom. The van der Waals surface area contributed by atoms with E-state index in [4.69, 9.17) is 16.3 Å². The Kier molecular flexibility index (Phi) is 5.42. The lowest BCUT2D eigenvalue weighted by Gasteiger charge is -2.07. The van der Waals surface area contributed by atoms with Crippen LogP contribution in [-0.2, 0) is 23.0 Å². The number of carbonyl (C=O) groups excluding carboxylic acids is 2. The van der Waals surface area contributed by atoms with Gasteiger partial charge in [-0.05, 0) is 53.2 Å². The van der Waals surface area contributed by atoms with E-state index in [1.54, 1.807) is 48.9 Å². The molecular weight excluding hydrogens is 370 g/mol. The van der Waals surface area contributed by atoms with Crippen LogP contribution in [0.1, 0.15) is 28.7 Å². The largest absolute Gasteiger partial charge is 0.466 e. The normalized spacial score (nSPS) is 10.5. The number of ketones is 1. The Balaban J connectivity index is 2.31. The van der Waals surface area contributed by atoms with Gasteiger partial charge in [-0.1, -0.05) is 11.6 Å². The fourth-order valence-corrected chi connectivity index (χ4v) is 2.98. The summed E-state index contributed by atoms with van der Waals surface area (Å²) >= 11 is 9.23. The van der Waals surface area contributed by atoms with Gasteiger partial charge in [-0.3, -0.25) is 9.59 Å². The summed E-state index contributed by atoms with van der Waals surface area (Å²) in [6, 6.07) is 8.46. The quantitative estimate of drug-likeness (QED) is 0.582. The predicted molar refractivity (Wildman–Crippen MR) is 88.3 cm³/mol. The second kappa shape index (κ2) is 7.11. The van der Waals surface area contributed by atoms with Crippen LogP contribution in [0.2, 0.25) is 5.02 Å². The molecule has 0 aliphatic heterocycles. The van der Waals surface area contributed by atoms with Gasteiger partial charge in [0.05, 0.1) is 13.0 Å². The number of rotatable bonds is 5. The van der Waals surface area contributed by atoms with Gasteiger partial charge in [0.25, 0.3) is 0 Å². The molecule has 0 spiro atoms. The fraction of sp³-hybridized carbons (Fsp3) is 0.250. The van der Waals surface area contributed by atoms with Gasteiger partial charge < -0.3 is 9.30 Å². The third kappa shape index (κ3) is 3.59. The Bertz CT molecular complexity index is 707. The Hall–Kier alpha value is -1.59. The van der Waals surface area contributed by atoms with Gasteiger partial charge >= 0.3 is 5.97 Å². The Morgan fingerprint density at radius 2 is 1.91 bits per heavy atom. The maximum Gasteiger partial charge on any atom is 0.311 e. The zero-order valence-corrected chi connectivity index (χ0v) is 14.6. The van der Waals surface area contributed by atoms with Gasteiger partial charge in [-0.25, -0.2) is 0 Å². The molecular formula is C16H15BrClNO3. The van der Waals surface area contributed by atoms with Crippen molar-refractivity contribution in [3.8, 4) is 0 Å². The predicted octanol–water partition coefficient (Wildman–Crippen LogP) is 3.78. The lowest BCUT2D eigenvalue weighted by Crippen LogP contribution is -2.13. The average molecular weight is 385 g/mol. The van der Waals surface area contributed by atoms with Crippen LogP contribution in [0.4, 0.5) is 0 Å². The maximum absolute atomic E-state index is 12.6. The molecule has 0 N–H and O–H groups in total. The van der Waals surface area contributed by atoms with E-state index in [0.29, 0.717) is 33.1 Å². The molecule has 0 radical (unpaired) electrons. The first-order valence-corrected chi connectivity index (χ1v) is 7.91. The highest BCUT2D eigenvalue weighted by Gasteiger charge is 2.20. The summed E-state index contributed by atoms with van der Waals surface area (Å²) in [5.74, 6) is -0.456. The van der Waals surface area contributed by atoms with Crippen LogP contribution < -0.4 is 0 Å². The van der Waals surface area contributed by atoms with E-state index in [2.05, 4.69) is 15.9 Å². The Labute approximate surface area is 142 Å². The van der Waals surface area contributed by atoms with Crippen LogP contribution in [0, 0.1) is 0 Å². The van der Waals surface area contributed by atoms with Crippen molar-refractivity contribution in [2.24, 2.45) is 7.05 Å². The molecule has 0 aliphatic carbocycles. The molecule has 0 bridgehead atoms. The number of carbonyl (C=O) groups is 2. The molecule has 2 rings (SSSR count). The van der Waals surface area contributed by atoms with Crippen molar-refractivity contribution in [1.29, 1.82) is 0 Å². The molecule has 1 heterocycles. The van der Waals surface area contributed by atoms with Crippen LogP contribution in [0.5, 0.6) is 0 Å². The second-order valence-electron chi connectivity index (χ2n) is 4.71. The van der Waals surface area contributed by atoms with E-state index in [-0.39, 0.29) is 18.2 Å². The minimum atomic E-state index is -0.318. The van der Waals surface area contributed by atoms with Crippen LogP contribution >= 0.6 is 27.5 Å². The molecule has 0 amide bonds. The number of esters is 1. The summed E-state index contributed by atoms with van der Waals surface area (Å²) < 4.78 is 7.29. The zero-order valence-electron chi connectivity index (χ0n) is 12.2. The number of benzene rings is 1. The monoisotopic (exact) mass is 383 g/mol. The average Bonchev–Trinajstić information content (AvgIpc) is 2.73. The number of ether oxygens (including phenoxy) is 1. The molecule has 2 aromatic rings. The molecule has 0 atom stereocenters. The smallest absolute Gasteiger partial charge is 0.311 e. The summed E-state index contributed by atoms with van der Waals surface area (Å²) in [5.41, 5.74) is 1.73. The van der Waals surface area contributed by atoms with E-state index in [1.807, 2.05) is 0 Å². The van der Waals surface area contributed by atoms with E-state index in [0.717, 1.165) is 0 Å². The highest BCUT2D eigenvalue weighted by atomic mass is 79.9. The fourth-order valence-electron chi connectivity index (χ4n) is 2.14. The van der Waals surface area contributed by atoms with Gasteiger partial charge in [0.2, 0.25) is 5.78 Å². The van der Waals surface area contributed by atoms with Crippen molar-refractivity contribution in [2.45, 2.75) is 13.3 Å². The number of nitrogens with zero attached hydrogens (tertiary/aromatic N) is 1. The zero-order chi connectivity index (χ0) is 16.3. The van der Waals surface area contributed by atoms with Crippen molar-refractivity contribution >= 4 is 39.3 Å². The van der Waals surface area contributed by atoms with Crippen LogP contribution in [0.15, 0.2) is 34.8 Å². The maximum atomic E-state index is 12.6. The molecule has 0 fully saturated rings. The summed E-state index contributed by atoms with van der Waals surface area (Å²) in [7, 11) is 1.75. The third-order valence-corrected chi connectivity index (χ3v) is 4.09. The highest BCUT2D eigenvalue weighted by molar-refractivity contribution is 9.10. The van der Waals surface area contributed by atoms with Gasteiger partial charge in [-0.15, -0.1) is 0 Å². The number of halogens is 2. The number of hydrogen-bond acceptors (Lipinski definition) is 3. The molecule has 1 aromatic heterocycles. The molecule has 0 saturated carbocycles. The first kappa shape index (κ1) is 16.8. The van der Waals surface area contributed by atoms with Crippen molar-refractivity contribution in [3.63, 3.8) is 0 Å². The van der Waals surface area contributed by atoms with Crippen molar-refractivity contribution in [2.75, 3.05) is 6.61 Å². The molecule has 116 valence electrons. The molecule has 0 saturated heterocycles. The Morgan fingerprint density at radius 3 is 2.50 bits per heavy atom. The number of hydrogen-bond donors (Lipinski definition) is 0. The lowest BCUT2D eigenvalue weighted by atomic mass is 10.1. The van der Waals surface area contributed by atoms with Gasteiger partial charge in [0, 0.05) is 27.8 Å². The van der Waals surface area contributed by atoms with Gasteiger partial charge in [0.1, 0.15) is 5.69 Å². The molecule has 6 heteroatoms. The minimum absolute atomic E-state index is 0.122. The lowest BCUT2D eigenvalue weighted by molar-refractivity contribution is -0.142. The first-order chi connectivity index (χ1) is 10.4. The summed E-state index contributed by atoms with van der Waals surface area (Å²) in [6.07, 6.45) is 0.122. The standard InChI is InChI=1S/C16H15BrClNO3/c1-3-22-14(20)9-12-8-13(17)15(19(12)2)16(21)10-4-6-11(18)7-5-10/h4-8H,3,9H2,1-2H3. The van der Waals surface area contributed by atoms with Gasteiger partial charge in [-0.2, -0.15) is 0 Å². The van der Waals surface area contributed by atoms with Crippen LogP contribution in [-0.4, -0.2) is 22.9 Å². The van der Waals surface area contributed by atoms with Gasteiger partial charge in [0.15, 0.2) is 0 Å². The minimum Gasteiger partial charge on any atom is -0.466 e. The SMILES string of the molecule is CCOC(=O)Cc1cc(Br)c(C(=O)c2ccc(Cl)cc2)n1C. The third-order valence-electron chi connectivity index (χ3n) is 3.24. The number of aromatic nitrogens is 1. The van der Waals surface area contributed by atoms with E-state index >= 15 is 0 Å². The highest BCUT2D eigenvalue weighted by Crippen LogP contribution is 2.25. The molecule has 4 nitrogen and oxygen atoms in total. The van der Waals surface area contributed by atoms with E-state index in [1.165, 1.54) is 0 Å². The summed E-state index contributed by atoms with van der Waals surface area (Å²) in [4.78, 5) is 24.2. The van der Waals surface area contributed by atoms with Crippen LogP contribution in [0.25, 0.3) is 0 Å². The van der Waals surface area contributed by atoms with Crippen molar-refractivity contribution in [1.82, 2.24) is 4.57 Å².